The number of carboxylic acid groups (broad SMARTS) is 1. The Morgan fingerprint density at radius 2 is 2.05 bits per heavy atom. The Balaban J connectivity index is 1.78. The summed E-state index contributed by atoms with van der Waals surface area (Å²) < 4.78 is 0. The number of carboxylic acids is 1. The van der Waals surface area contributed by atoms with Gasteiger partial charge in [0.25, 0.3) is 0 Å². The van der Waals surface area contributed by atoms with E-state index in [0.29, 0.717) is 11.8 Å². The summed E-state index contributed by atoms with van der Waals surface area (Å²) in [5.74, 6) is 2.01. The molecule has 2 bridgehead atoms. The number of unbranched alkanes of at least 4 members (excludes halogenated alkanes) is 1. The zero-order valence-electron chi connectivity index (χ0n) is 12.5. The van der Waals surface area contributed by atoms with Gasteiger partial charge in [-0.15, -0.1) is 0 Å². The average Bonchev–Trinajstić information content (AvgIpc) is 3.02. The molecular weight excluding hydrogens is 252 g/mol. The summed E-state index contributed by atoms with van der Waals surface area (Å²) in [5, 5.41) is 18.8. The molecule has 3 nitrogen and oxygen atoms in total. The van der Waals surface area contributed by atoms with Crippen molar-refractivity contribution in [2.24, 2.45) is 23.7 Å². The molecule has 2 N–H and O–H groups in total. The van der Waals surface area contributed by atoms with Gasteiger partial charge < -0.3 is 10.2 Å². The Morgan fingerprint density at radius 3 is 2.75 bits per heavy atom. The highest BCUT2D eigenvalue weighted by molar-refractivity contribution is 5.66. The number of aliphatic carboxylic acids is 1. The lowest BCUT2D eigenvalue weighted by Crippen LogP contribution is -2.32. The van der Waals surface area contributed by atoms with Crippen molar-refractivity contribution in [2.45, 2.75) is 64.4 Å². The Morgan fingerprint density at radius 1 is 1.30 bits per heavy atom. The first-order chi connectivity index (χ1) is 9.63. The number of rotatable bonds is 8. The Bertz CT molecular complexity index is 350. The van der Waals surface area contributed by atoms with Gasteiger partial charge in [0, 0.05) is 6.42 Å². The first-order valence-electron chi connectivity index (χ1n) is 8.18. The maximum Gasteiger partial charge on any atom is 0.303 e. The van der Waals surface area contributed by atoms with Crippen molar-refractivity contribution in [2.75, 3.05) is 0 Å². The van der Waals surface area contributed by atoms with Gasteiger partial charge >= 0.3 is 5.97 Å². The number of carbonyl (C=O) groups is 1. The van der Waals surface area contributed by atoms with E-state index in [4.69, 9.17) is 5.11 Å². The average molecular weight is 280 g/mol. The maximum atomic E-state index is 10.4. The summed E-state index contributed by atoms with van der Waals surface area (Å²) in [6, 6.07) is 0. The van der Waals surface area contributed by atoms with Crippen molar-refractivity contribution in [3.05, 3.63) is 12.2 Å². The van der Waals surface area contributed by atoms with Crippen molar-refractivity contribution >= 4 is 5.97 Å². The first-order valence-corrected chi connectivity index (χ1v) is 8.18. The van der Waals surface area contributed by atoms with E-state index in [2.05, 4.69) is 19.1 Å². The first kappa shape index (κ1) is 15.6. The van der Waals surface area contributed by atoms with Gasteiger partial charge in [-0.25, -0.2) is 0 Å². The number of fused-ring (bicyclic) bond motifs is 2. The van der Waals surface area contributed by atoms with Crippen LogP contribution < -0.4 is 0 Å². The highest BCUT2D eigenvalue weighted by atomic mass is 16.4. The van der Waals surface area contributed by atoms with Crippen molar-refractivity contribution in [3.8, 4) is 0 Å². The van der Waals surface area contributed by atoms with Crippen LogP contribution in [0.5, 0.6) is 0 Å². The second kappa shape index (κ2) is 7.26. The van der Waals surface area contributed by atoms with E-state index in [-0.39, 0.29) is 12.5 Å². The fourth-order valence-electron chi connectivity index (χ4n) is 4.42. The molecule has 0 heterocycles. The summed E-state index contributed by atoms with van der Waals surface area (Å²) in [6.07, 6.45) is 12.0. The molecule has 20 heavy (non-hydrogen) atoms. The Kier molecular flexibility index (Phi) is 5.64. The third kappa shape index (κ3) is 3.63. The minimum atomic E-state index is -0.711. The largest absolute Gasteiger partial charge is 0.481 e. The number of aliphatic hydroxyl groups is 1. The lowest BCUT2D eigenvalue weighted by atomic mass is 9.74. The van der Waals surface area contributed by atoms with Crippen LogP contribution in [-0.2, 0) is 4.79 Å². The molecule has 0 aromatic rings. The Hall–Kier alpha value is -0.830. The topological polar surface area (TPSA) is 57.5 Å². The van der Waals surface area contributed by atoms with Gasteiger partial charge in [-0.05, 0) is 68.6 Å². The van der Waals surface area contributed by atoms with Crippen LogP contribution in [0.1, 0.15) is 58.3 Å². The second-order valence-electron chi connectivity index (χ2n) is 6.54. The zero-order valence-corrected chi connectivity index (χ0v) is 12.5. The molecule has 0 spiro atoms. The van der Waals surface area contributed by atoms with E-state index in [0.717, 1.165) is 37.5 Å². The van der Waals surface area contributed by atoms with E-state index < -0.39 is 5.97 Å². The van der Waals surface area contributed by atoms with Gasteiger partial charge in [0.2, 0.25) is 0 Å². The van der Waals surface area contributed by atoms with Crippen LogP contribution in [0.3, 0.4) is 0 Å². The van der Waals surface area contributed by atoms with E-state index >= 15 is 0 Å². The summed E-state index contributed by atoms with van der Waals surface area (Å²) in [5.41, 5.74) is 0. The Labute approximate surface area is 122 Å². The van der Waals surface area contributed by atoms with Crippen LogP contribution in [0.2, 0.25) is 0 Å². The highest BCUT2D eigenvalue weighted by Gasteiger charge is 2.48. The molecule has 0 radical (unpaired) electrons. The van der Waals surface area contributed by atoms with Crippen LogP contribution in [-0.4, -0.2) is 22.3 Å². The maximum absolute atomic E-state index is 10.4. The summed E-state index contributed by atoms with van der Waals surface area (Å²) in [4.78, 5) is 10.4. The molecule has 5 unspecified atom stereocenters. The van der Waals surface area contributed by atoms with Crippen LogP contribution in [0.4, 0.5) is 0 Å². The molecule has 0 amide bonds. The molecule has 0 aromatic carbocycles. The van der Waals surface area contributed by atoms with Gasteiger partial charge in [0.15, 0.2) is 0 Å². The minimum Gasteiger partial charge on any atom is -0.481 e. The van der Waals surface area contributed by atoms with Gasteiger partial charge in [-0.1, -0.05) is 19.1 Å². The molecule has 0 aliphatic heterocycles. The lowest BCUT2D eigenvalue weighted by molar-refractivity contribution is -0.137. The number of hydrogen-bond donors (Lipinski definition) is 2. The quantitative estimate of drug-likeness (QED) is 0.527. The summed E-state index contributed by atoms with van der Waals surface area (Å²) >= 11 is 0. The van der Waals surface area contributed by atoms with Crippen LogP contribution >= 0.6 is 0 Å². The second-order valence-corrected chi connectivity index (χ2v) is 6.54. The van der Waals surface area contributed by atoms with Crippen molar-refractivity contribution in [1.82, 2.24) is 0 Å². The molecule has 2 saturated carbocycles. The minimum absolute atomic E-state index is 0.129. The number of aliphatic hydroxyl groups excluding tert-OH is 1. The molecular formula is C17H28O3. The van der Waals surface area contributed by atoms with Crippen molar-refractivity contribution in [1.29, 1.82) is 0 Å². The predicted octanol–water partition coefficient (Wildman–Crippen LogP) is 3.62. The van der Waals surface area contributed by atoms with E-state index in [1.165, 1.54) is 19.3 Å². The molecule has 2 rings (SSSR count). The van der Waals surface area contributed by atoms with Crippen LogP contribution in [0.15, 0.2) is 12.2 Å². The van der Waals surface area contributed by atoms with Crippen molar-refractivity contribution in [3.63, 3.8) is 0 Å². The van der Waals surface area contributed by atoms with E-state index in [1.807, 2.05) is 0 Å². The molecule has 3 heteroatoms. The SMILES string of the molecule is CCC(O)C1C2CCC(C2)C1C/C=C\CCCC(=O)O. The normalized spacial score (nSPS) is 33.9. The highest BCUT2D eigenvalue weighted by Crippen LogP contribution is 2.55. The van der Waals surface area contributed by atoms with Gasteiger partial charge in [-0.2, -0.15) is 0 Å². The standard InChI is InChI=1S/C17H28O3/c1-2-15(18)17-13-10-9-12(11-13)14(17)7-5-3-4-6-8-16(19)20/h3,5,12-15,17-18H,2,4,6-11H2,1H3,(H,19,20)/b5-3-. The van der Waals surface area contributed by atoms with Crippen LogP contribution in [0.25, 0.3) is 0 Å². The van der Waals surface area contributed by atoms with Gasteiger partial charge in [0.1, 0.15) is 0 Å². The van der Waals surface area contributed by atoms with E-state index in [1.54, 1.807) is 0 Å². The fourth-order valence-corrected chi connectivity index (χ4v) is 4.42. The lowest BCUT2D eigenvalue weighted by Gasteiger charge is -2.33. The summed E-state index contributed by atoms with van der Waals surface area (Å²) in [6.45, 7) is 2.08. The van der Waals surface area contributed by atoms with E-state index in [9.17, 15) is 9.90 Å². The third-order valence-corrected chi connectivity index (χ3v) is 5.36. The smallest absolute Gasteiger partial charge is 0.303 e. The fraction of sp³-hybridized carbons (Fsp3) is 0.824. The molecule has 2 aliphatic carbocycles. The molecule has 2 aliphatic rings. The number of hydrogen-bond acceptors (Lipinski definition) is 2. The van der Waals surface area contributed by atoms with Crippen molar-refractivity contribution < 1.29 is 15.0 Å². The molecule has 114 valence electrons. The molecule has 0 aromatic heterocycles. The summed E-state index contributed by atoms with van der Waals surface area (Å²) in [7, 11) is 0. The predicted molar refractivity (Wildman–Crippen MR) is 79.4 cm³/mol. The molecule has 0 saturated heterocycles. The monoisotopic (exact) mass is 280 g/mol. The number of allylic oxidation sites excluding steroid dienone is 2. The van der Waals surface area contributed by atoms with Gasteiger partial charge in [0.05, 0.1) is 6.10 Å². The van der Waals surface area contributed by atoms with Crippen LogP contribution in [0, 0.1) is 23.7 Å². The third-order valence-electron chi connectivity index (χ3n) is 5.36. The molecule has 5 atom stereocenters. The van der Waals surface area contributed by atoms with Gasteiger partial charge in [-0.3, -0.25) is 4.79 Å². The zero-order chi connectivity index (χ0) is 14.5. The molecule has 2 fully saturated rings.